The number of carbonyl (C=O) groups excluding carboxylic acids is 1. The lowest BCUT2D eigenvalue weighted by Crippen LogP contribution is -2.14. The molecule has 0 aliphatic rings. The van der Waals surface area contributed by atoms with Gasteiger partial charge in [0.05, 0.1) is 20.0 Å². The van der Waals surface area contributed by atoms with Gasteiger partial charge in [0.25, 0.3) is 0 Å². The van der Waals surface area contributed by atoms with E-state index in [-0.39, 0.29) is 5.91 Å². The van der Waals surface area contributed by atoms with Crippen molar-refractivity contribution in [3.63, 3.8) is 0 Å². The number of halogens is 1. The van der Waals surface area contributed by atoms with Crippen LogP contribution in [-0.4, -0.2) is 25.9 Å². The molecule has 1 N–H and O–H groups in total. The molecule has 0 aliphatic carbocycles. The maximum absolute atomic E-state index is 12.0. The van der Waals surface area contributed by atoms with Gasteiger partial charge in [0.15, 0.2) is 0 Å². The molecule has 0 aromatic heterocycles. The minimum atomic E-state index is -0.102. The monoisotopic (exact) mass is 337 g/mol. The van der Waals surface area contributed by atoms with Crippen molar-refractivity contribution in [1.82, 2.24) is 0 Å². The van der Waals surface area contributed by atoms with Crippen LogP contribution in [0.4, 0.5) is 5.69 Å². The Kier molecular flexibility index (Phi) is 5.98. The number of ether oxygens (including phenoxy) is 2. The summed E-state index contributed by atoms with van der Waals surface area (Å²) in [5.41, 5.74) is 0.637. The summed E-state index contributed by atoms with van der Waals surface area (Å²) in [6.45, 7) is 0. The number of anilines is 1. The Morgan fingerprint density at radius 2 is 1.68 bits per heavy atom. The van der Waals surface area contributed by atoms with Crippen LogP contribution < -0.4 is 14.8 Å². The molecular weight excluding hydrogens is 322 g/mol. The van der Waals surface area contributed by atoms with E-state index in [1.165, 1.54) is 11.8 Å². The van der Waals surface area contributed by atoms with Gasteiger partial charge in [-0.05, 0) is 24.3 Å². The van der Waals surface area contributed by atoms with E-state index in [0.29, 0.717) is 28.0 Å². The highest BCUT2D eigenvalue weighted by Gasteiger charge is 2.07. The molecule has 0 saturated carbocycles. The van der Waals surface area contributed by atoms with Crippen molar-refractivity contribution < 1.29 is 14.3 Å². The number of carbonyl (C=O) groups is 1. The van der Waals surface area contributed by atoms with Crippen LogP contribution in [0.3, 0.4) is 0 Å². The molecule has 0 aliphatic heterocycles. The number of methoxy groups -OCH3 is 2. The van der Waals surface area contributed by atoms with Gasteiger partial charge >= 0.3 is 0 Å². The first kappa shape index (κ1) is 16.5. The van der Waals surface area contributed by atoms with Crippen LogP contribution in [-0.2, 0) is 4.79 Å². The van der Waals surface area contributed by atoms with E-state index in [2.05, 4.69) is 5.32 Å². The van der Waals surface area contributed by atoms with Crippen LogP contribution in [0.25, 0.3) is 0 Å². The van der Waals surface area contributed by atoms with Gasteiger partial charge in [-0.15, -0.1) is 11.8 Å². The van der Waals surface area contributed by atoms with Gasteiger partial charge in [-0.2, -0.15) is 0 Å². The smallest absolute Gasteiger partial charge is 0.234 e. The van der Waals surface area contributed by atoms with Crippen LogP contribution in [0.2, 0.25) is 5.02 Å². The van der Waals surface area contributed by atoms with E-state index < -0.39 is 0 Å². The Bertz CT molecular complexity index is 624. The molecule has 2 rings (SSSR count). The van der Waals surface area contributed by atoms with Crippen molar-refractivity contribution in [2.45, 2.75) is 4.90 Å². The summed E-state index contributed by atoms with van der Waals surface area (Å²) in [7, 11) is 3.13. The quantitative estimate of drug-likeness (QED) is 0.806. The zero-order valence-corrected chi connectivity index (χ0v) is 13.8. The van der Waals surface area contributed by atoms with Gasteiger partial charge in [-0.25, -0.2) is 0 Å². The lowest BCUT2D eigenvalue weighted by molar-refractivity contribution is -0.113. The number of benzene rings is 2. The Hall–Kier alpha value is -1.85. The zero-order chi connectivity index (χ0) is 15.9. The molecule has 0 heterocycles. The van der Waals surface area contributed by atoms with Crippen molar-refractivity contribution in [2.24, 2.45) is 0 Å². The van der Waals surface area contributed by atoms with Crippen LogP contribution in [0.15, 0.2) is 47.4 Å². The second kappa shape index (κ2) is 7.96. The molecule has 2 aromatic carbocycles. The third-order valence-electron chi connectivity index (χ3n) is 2.82. The molecule has 0 saturated heterocycles. The average molecular weight is 338 g/mol. The number of amides is 1. The average Bonchev–Trinajstić information content (AvgIpc) is 2.54. The van der Waals surface area contributed by atoms with Crippen LogP contribution in [0, 0.1) is 0 Å². The van der Waals surface area contributed by atoms with Crippen molar-refractivity contribution in [1.29, 1.82) is 0 Å². The molecule has 1 amide bonds. The molecule has 0 unspecified atom stereocenters. The molecule has 0 bridgehead atoms. The fourth-order valence-electron chi connectivity index (χ4n) is 1.76. The van der Waals surface area contributed by atoms with Crippen LogP contribution >= 0.6 is 23.4 Å². The minimum Gasteiger partial charge on any atom is -0.497 e. The topological polar surface area (TPSA) is 47.6 Å². The first-order valence-corrected chi connectivity index (χ1v) is 7.88. The molecule has 0 spiro atoms. The van der Waals surface area contributed by atoms with Gasteiger partial charge in [0.2, 0.25) is 5.91 Å². The first-order valence-electron chi connectivity index (χ1n) is 6.52. The van der Waals surface area contributed by atoms with Crippen LogP contribution in [0.5, 0.6) is 11.5 Å². The van der Waals surface area contributed by atoms with Crippen molar-refractivity contribution in [3.8, 4) is 11.5 Å². The maximum Gasteiger partial charge on any atom is 0.234 e. The molecule has 4 nitrogen and oxygen atoms in total. The van der Waals surface area contributed by atoms with E-state index in [1.54, 1.807) is 44.6 Å². The molecule has 0 fully saturated rings. The summed E-state index contributed by atoms with van der Waals surface area (Å²) >= 11 is 7.27. The highest BCUT2D eigenvalue weighted by Crippen LogP contribution is 2.26. The fraction of sp³-hybridized carbons (Fsp3) is 0.188. The number of rotatable bonds is 6. The van der Waals surface area contributed by atoms with E-state index >= 15 is 0 Å². The maximum atomic E-state index is 12.0. The molecule has 2 aromatic rings. The minimum absolute atomic E-state index is 0.102. The van der Waals surface area contributed by atoms with Crippen molar-refractivity contribution >= 4 is 35.0 Å². The highest BCUT2D eigenvalue weighted by atomic mass is 35.5. The Morgan fingerprint density at radius 3 is 2.23 bits per heavy atom. The van der Waals surface area contributed by atoms with E-state index in [9.17, 15) is 4.79 Å². The third kappa shape index (κ3) is 4.86. The normalized spacial score (nSPS) is 10.1. The number of hydrogen-bond acceptors (Lipinski definition) is 4. The molecular formula is C16H16ClNO3S. The lowest BCUT2D eigenvalue weighted by atomic mass is 10.2. The van der Waals surface area contributed by atoms with Crippen molar-refractivity contribution in [2.75, 3.05) is 25.3 Å². The van der Waals surface area contributed by atoms with E-state index in [0.717, 1.165) is 4.90 Å². The second-order valence-electron chi connectivity index (χ2n) is 4.39. The molecule has 116 valence electrons. The molecule has 6 heteroatoms. The van der Waals surface area contributed by atoms with E-state index in [1.807, 2.05) is 12.1 Å². The van der Waals surface area contributed by atoms with Gasteiger partial charge in [-0.1, -0.05) is 11.6 Å². The van der Waals surface area contributed by atoms with E-state index in [4.69, 9.17) is 21.1 Å². The predicted molar refractivity (Wildman–Crippen MR) is 90.4 cm³/mol. The Morgan fingerprint density at radius 1 is 1.09 bits per heavy atom. The summed E-state index contributed by atoms with van der Waals surface area (Å²) in [5, 5.41) is 3.51. The van der Waals surface area contributed by atoms with Gasteiger partial charge in [0.1, 0.15) is 11.5 Å². The zero-order valence-electron chi connectivity index (χ0n) is 12.3. The summed E-state index contributed by atoms with van der Waals surface area (Å²) in [6.07, 6.45) is 0. The highest BCUT2D eigenvalue weighted by molar-refractivity contribution is 8.00. The standard InChI is InChI=1S/C16H16ClNO3S/c1-20-13-7-12(8-14(9-13)21-2)18-16(19)10-22-15-5-3-11(17)4-6-15/h3-9H,10H2,1-2H3,(H,18,19). The van der Waals surface area contributed by atoms with Gasteiger partial charge < -0.3 is 14.8 Å². The van der Waals surface area contributed by atoms with Gasteiger partial charge in [0, 0.05) is 33.8 Å². The number of nitrogens with one attached hydrogen (secondary N) is 1. The SMILES string of the molecule is COc1cc(NC(=O)CSc2ccc(Cl)cc2)cc(OC)c1. The summed E-state index contributed by atoms with van der Waals surface area (Å²) in [5.74, 6) is 1.46. The van der Waals surface area contributed by atoms with Gasteiger partial charge in [-0.3, -0.25) is 4.79 Å². The lowest BCUT2D eigenvalue weighted by Gasteiger charge is -2.09. The Labute approximate surface area is 138 Å². The van der Waals surface area contributed by atoms with Crippen LogP contribution in [0.1, 0.15) is 0 Å². The summed E-state index contributed by atoms with van der Waals surface area (Å²) < 4.78 is 10.3. The number of hydrogen-bond donors (Lipinski definition) is 1. The Balaban J connectivity index is 1.95. The molecule has 0 radical (unpaired) electrons. The number of thioether (sulfide) groups is 1. The predicted octanol–water partition coefficient (Wildman–Crippen LogP) is 4.09. The third-order valence-corrected chi connectivity index (χ3v) is 4.08. The molecule has 0 atom stereocenters. The summed E-state index contributed by atoms with van der Waals surface area (Å²) in [4.78, 5) is 13.0. The second-order valence-corrected chi connectivity index (χ2v) is 5.88. The summed E-state index contributed by atoms with van der Waals surface area (Å²) in [6, 6.07) is 12.6. The first-order chi connectivity index (χ1) is 10.6. The molecule has 22 heavy (non-hydrogen) atoms. The largest absolute Gasteiger partial charge is 0.497 e. The fourth-order valence-corrected chi connectivity index (χ4v) is 2.58. The van der Waals surface area contributed by atoms with Crippen molar-refractivity contribution in [3.05, 3.63) is 47.5 Å².